The van der Waals surface area contributed by atoms with Crippen LogP contribution in [0.3, 0.4) is 0 Å². The van der Waals surface area contributed by atoms with Crippen LogP contribution in [0.1, 0.15) is 19.8 Å². The topological polar surface area (TPSA) is 29.1 Å². The summed E-state index contributed by atoms with van der Waals surface area (Å²) in [6, 6.07) is 0. The third-order valence-corrected chi connectivity index (χ3v) is 0.957. The zero-order valence-electron chi connectivity index (χ0n) is 5.61. The van der Waals surface area contributed by atoms with E-state index in [-0.39, 0.29) is 4.69 Å². The van der Waals surface area contributed by atoms with Crippen LogP contribution in [0.25, 0.3) is 0 Å². The van der Waals surface area contributed by atoms with Crippen molar-refractivity contribution in [3.05, 3.63) is 0 Å². The van der Waals surface area contributed by atoms with Crippen LogP contribution in [0, 0.1) is 0 Å². The van der Waals surface area contributed by atoms with Crippen LogP contribution >= 0.6 is 15.9 Å². The summed E-state index contributed by atoms with van der Waals surface area (Å²) in [5.74, 6) is 0. The first-order chi connectivity index (χ1) is 4.23. The zero-order valence-corrected chi connectivity index (χ0v) is 7.20. The monoisotopic (exact) mass is 193 g/mol. The molecule has 2 nitrogen and oxygen atoms in total. The molecule has 0 bridgehead atoms. The molecule has 1 aliphatic rings. The highest BCUT2D eigenvalue weighted by molar-refractivity contribution is 9.18. The van der Waals surface area contributed by atoms with Gasteiger partial charge in [0, 0.05) is 6.92 Å². The Labute approximate surface area is 64.1 Å². The second kappa shape index (κ2) is 6.23. The molecule has 3 heteroatoms. The molecule has 0 aromatic heterocycles. The molecule has 1 aliphatic heterocycles. The molecule has 1 fully saturated rings. The molecule has 9 heavy (non-hydrogen) atoms. The predicted octanol–water partition coefficient (Wildman–Crippen LogP) is 1.30. The summed E-state index contributed by atoms with van der Waals surface area (Å²) in [6.45, 7) is 3.94. The smallest absolute Gasteiger partial charge is 0.194 e. The van der Waals surface area contributed by atoms with E-state index in [2.05, 4.69) is 21.2 Å². The minimum atomic E-state index is -0.0208. The number of hydrogen-bond donors (Lipinski definition) is 1. The fraction of sp³-hybridized carbons (Fsp3) is 0.833. The maximum atomic E-state index is 9.36. The second-order valence-corrected chi connectivity index (χ2v) is 3.04. The Morgan fingerprint density at radius 3 is 1.89 bits per heavy atom. The minimum absolute atomic E-state index is 0.0208. The summed E-state index contributed by atoms with van der Waals surface area (Å²) in [4.78, 5) is 9.36. The second-order valence-electron chi connectivity index (χ2n) is 1.93. The maximum absolute atomic E-state index is 9.36. The van der Waals surface area contributed by atoms with E-state index in [1.165, 1.54) is 32.9 Å². The molecule has 0 amide bonds. The van der Waals surface area contributed by atoms with Crippen molar-refractivity contribution in [3.63, 3.8) is 0 Å². The van der Waals surface area contributed by atoms with Crippen molar-refractivity contribution in [1.29, 1.82) is 0 Å². The molecular weight excluding hydrogens is 182 g/mol. The zero-order chi connectivity index (χ0) is 7.11. The average Bonchev–Trinajstić information content (AvgIpc) is 2.11. The summed E-state index contributed by atoms with van der Waals surface area (Å²) in [6.07, 6.45) is 2.78. The Hall–Kier alpha value is 0.110. The van der Waals surface area contributed by atoms with Gasteiger partial charge in [0.2, 0.25) is 0 Å². The molecule has 0 aromatic rings. The van der Waals surface area contributed by atoms with Gasteiger partial charge in [0.1, 0.15) is 0 Å². The fourth-order valence-electron chi connectivity index (χ4n) is 0.625. The average molecular weight is 194 g/mol. The van der Waals surface area contributed by atoms with Gasteiger partial charge < -0.3 is 5.32 Å². The largest absolute Gasteiger partial charge is 0.317 e. The summed E-state index contributed by atoms with van der Waals surface area (Å²) >= 11 is 2.63. The van der Waals surface area contributed by atoms with Crippen LogP contribution in [0.4, 0.5) is 0 Å². The van der Waals surface area contributed by atoms with Gasteiger partial charge in [-0.25, -0.2) is 0 Å². The molecule has 0 aliphatic carbocycles. The Balaban J connectivity index is 0.000000148. The van der Waals surface area contributed by atoms with Crippen molar-refractivity contribution in [2.45, 2.75) is 19.8 Å². The number of carbonyl (C=O) groups is 1. The van der Waals surface area contributed by atoms with E-state index in [4.69, 9.17) is 0 Å². The maximum Gasteiger partial charge on any atom is 0.194 e. The normalized spacial score (nSPS) is 16.2. The Morgan fingerprint density at radius 2 is 1.78 bits per heavy atom. The number of hydrogen-bond acceptors (Lipinski definition) is 2. The van der Waals surface area contributed by atoms with Crippen molar-refractivity contribution >= 4 is 20.6 Å². The van der Waals surface area contributed by atoms with Crippen LogP contribution in [0.15, 0.2) is 0 Å². The number of rotatable bonds is 0. The van der Waals surface area contributed by atoms with E-state index in [0.29, 0.717) is 0 Å². The lowest BCUT2D eigenvalue weighted by Gasteiger charge is -1.76. The van der Waals surface area contributed by atoms with Gasteiger partial charge in [-0.05, 0) is 41.9 Å². The molecule has 1 N–H and O–H groups in total. The highest BCUT2D eigenvalue weighted by atomic mass is 79.9. The molecule has 1 heterocycles. The predicted molar refractivity (Wildman–Crippen MR) is 41.7 cm³/mol. The van der Waals surface area contributed by atoms with Gasteiger partial charge in [-0.3, -0.25) is 4.79 Å². The van der Waals surface area contributed by atoms with E-state index < -0.39 is 0 Å². The van der Waals surface area contributed by atoms with Gasteiger partial charge in [-0.1, -0.05) is 0 Å². The first-order valence-corrected chi connectivity index (χ1v) is 3.89. The van der Waals surface area contributed by atoms with E-state index in [1.54, 1.807) is 0 Å². The first-order valence-electron chi connectivity index (χ1n) is 3.10. The fourth-order valence-corrected chi connectivity index (χ4v) is 0.625. The molecule has 0 saturated carbocycles. The van der Waals surface area contributed by atoms with E-state index in [1.807, 2.05) is 0 Å². The van der Waals surface area contributed by atoms with E-state index >= 15 is 0 Å². The van der Waals surface area contributed by atoms with Crippen molar-refractivity contribution in [2.24, 2.45) is 0 Å². The molecule has 0 atom stereocenters. The van der Waals surface area contributed by atoms with Crippen LogP contribution in [-0.4, -0.2) is 17.8 Å². The van der Waals surface area contributed by atoms with Gasteiger partial charge in [0.05, 0.1) is 0 Å². The molecule has 0 radical (unpaired) electrons. The molecule has 0 unspecified atom stereocenters. The lowest BCUT2D eigenvalue weighted by atomic mass is 10.4. The van der Waals surface area contributed by atoms with Crippen LogP contribution in [0.5, 0.6) is 0 Å². The van der Waals surface area contributed by atoms with Gasteiger partial charge in [0.15, 0.2) is 4.69 Å². The standard InChI is InChI=1S/C4H9N.C2H3BrO/c1-2-4-5-3-1;1-2(3)4/h5H,1-4H2;1H3. The summed E-state index contributed by atoms with van der Waals surface area (Å²) in [5, 5.41) is 3.22. The Morgan fingerprint density at radius 1 is 1.44 bits per heavy atom. The lowest BCUT2D eigenvalue weighted by molar-refractivity contribution is -0.108. The third kappa shape index (κ3) is 11.6. The number of halogens is 1. The summed E-state index contributed by atoms with van der Waals surface area (Å²) in [5.41, 5.74) is 0. The lowest BCUT2D eigenvalue weighted by Crippen LogP contribution is -2.03. The Bertz CT molecular complexity index is 69.5. The molecule has 54 valence electrons. The van der Waals surface area contributed by atoms with Crippen LogP contribution < -0.4 is 5.32 Å². The number of carbonyl (C=O) groups excluding carboxylic acids is 1. The van der Waals surface area contributed by atoms with Crippen molar-refractivity contribution in [2.75, 3.05) is 13.1 Å². The van der Waals surface area contributed by atoms with Gasteiger partial charge in [0.25, 0.3) is 0 Å². The van der Waals surface area contributed by atoms with Crippen LogP contribution in [0.2, 0.25) is 0 Å². The first kappa shape index (κ1) is 9.11. The van der Waals surface area contributed by atoms with Gasteiger partial charge in [-0.2, -0.15) is 0 Å². The molecule has 1 saturated heterocycles. The van der Waals surface area contributed by atoms with Crippen molar-refractivity contribution in [3.8, 4) is 0 Å². The Kier molecular flexibility index (Phi) is 6.31. The van der Waals surface area contributed by atoms with Crippen LogP contribution in [-0.2, 0) is 4.79 Å². The minimum Gasteiger partial charge on any atom is -0.317 e. The molecule has 0 spiro atoms. The third-order valence-electron chi connectivity index (χ3n) is 0.957. The quantitative estimate of drug-likeness (QED) is 0.589. The SMILES string of the molecule is C1CCNC1.CC(=O)Br. The summed E-state index contributed by atoms with van der Waals surface area (Å²) in [7, 11) is 0. The highest BCUT2D eigenvalue weighted by Gasteiger charge is 1.93. The van der Waals surface area contributed by atoms with Gasteiger partial charge in [-0.15, -0.1) is 0 Å². The van der Waals surface area contributed by atoms with E-state index in [0.717, 1.165) is 0 Å². The van der Waals surface area contributed by atoms with Gasteiger partial charge >= 0.3 is 0 Å². The highest BCUT2D eigenvalue weighted by Crippen LogP contribution is 1.90. The summed E-state index contributed by atoms with van der Waals surface area (Å²) < 4.78 is -0.0208. The number of nitrogens with one attached hydrogen (secondary N) is 1. The van der Waals surface area contributed by atoms with E-state index in [9.17, 15) is 4.79 Å². The molecule has 0 aromatic carbocycles. The van der Waals surface area contributed by atoms with Crippen molar-refractivity contribution < 1.29 is 4.79 Å². The molecular formula is C6H12BrNO. The molecule has 1 rings (SSSR count). The van der Waals surface area contributed by atoms with Crippen molar-refractivity contribution in [1.82, 2.24) is 5.32 Å².